The topological polar surface area (TPSA) is 75.5 Å². The van der Waals surface area contributed by atoms with Crippen LogP contribution >= 0.6 is 11.3 Å². The molecule has 1 N–H and O–H groups in total. The van der Waals surface area contributed by atoms with E-state index in [1.807, 2.05) is 37.3 Å². The fraction of sp³-hybridized carbons (Fsp3) is 0.409. The molecular weight excluding hydrogens is 386 g/mol. The third-order valence-corrected chi connectivity index (χ3v) is 6.77. The van der Waals surface area contributed by atoms with Crippen LogP contribution in [0.5, 0.6) is 0 Å². The quantitative estimate of drug-likeness (QED) is 0.637. The van der Waals surface area contributed by atoms with Crippen LogP contribution in [0.3, 0.4) is 0 Å². The smallest absolute Gasteiger partial charge is 0.348 e. The molecule has 3 aromatic rings. The number of aromatic nitrogens is 2. The summed E-state index contributed by atoms with van der Waals surface area (Å²) in [5.41, 5.74) is 1.86. The second kappa shape index (κ2) is 8.47. The van der Waals surface area contributed by atoms with E-state index in [2.05, 4.69) is 14.9 Å². The molecule has 0 aliphatic carbocycles. The molecule has 1 atom stereocenters. The van der Waals surface area contributed by atoms with Crippen LogP contribution in [0.1, 0.15) is 46.7 Å². The molecule has 6 nitrogen and oxygen atoms in total. The van der Waals surface area contributed by atoms with Crippen molar-refractivity contribution in [3.63, 3.8) is 0 Å². The number of rotatable bonds is 5. The Kier molecular flexibility index (Phi) is 5.78. The van der Waals surface area contributed by atoms with Gasteiger partial charge in [0.1, 0.15) is 21.9 Å². The molecule has 29 heavy (non-hydrogen) atoms. The number of hydrogen-bond acceptors (Lipinski definition) is 7. The van der Waals surface area contributed by atoms with Crippen molar-refractivity contribution in [3.8, 4) is 0 Å². The molecule has 3 heterocycles. The molecule has 1 aromatic carbocycles. The summed E-state index contributed by atoms with van der Waals surface area (Å²) in [6, 6.07) is 9.86. The van der Waals surface area contributed by atoms with E-state index < -0.39 is 6.10 Å². The van der Waals surface area contributed by atoms with Crippen molar-refractivity contribution in [3.05, 3.63) is 52.7 Å². The number of anilines is 1. The molecule has 1 saturated heterocycles. The standard InChI is InChI=1S/C22H25N3O3S/c1-3-28-22(27)19-14(2)17-20(23-13-24-21(17)29-19)25-11-9-16(10-12-25)18(26)15-7-5-4-6-8-15/h4-8,13,16,18,26H,3,9-12H2,1-2H3/t18-/m0/s1. The van der Waals surface area contributed by atoms with Gasteiger partial charge in [-0.3, -0.25) is 0 Å². The van der Waals surface area contributed by atoms with Gasteiger partial charge in [0.2, 0.25) is 0 Å². The second-order valence-corrected chi connectivity index (χ2v) is 8.33. The van der Waals surface area contributed by atoms with E-state index in [4.69, 9.17) is 4.74 Å². The van der Waals surface area contributed by atoms with Gasteiger partial charge >= 0.3 is 5.97 Å². The van der Waals surface area contributed by atoms with Gasteiger partial charge in [0.25, 0.3) is 0 Å². The van der Waals surface area contributed by atoms with Gasteiger partial charge < -0.3 is 14.7 Å². The van der Waals surface area contributed by atoms with Crippen LogP contribution in [0, 0.1) is 12.8 Å². The molecule has 4 rings (SSSR count). The van der Waals surface area contributed by atoms with Crippen molar-refractivity contribution < 1.29 is 14.6 Å². The van der Waals surface area contributed by atoms with E-state index in [1.54, 1.807) is 13.3 Å². The van der Waals surface area contributed by atoms with Gasteiger partial charge in [0.15, 0.2) is 0 Å². The number of carbonyl (C=O) groups is 1. The van der Waals surface area contributed by atoms with Crippen molar-refractivity contribution in [2.24, 2.45) is 5.92 Å². The fourth-order valence-electron chi connectivity index (χ4n) is 4.03. The van der Waals surface area contributed by atoms with Crippen molar-refractivity contribution in [1.82, 2.24) is 9.97 Å². The average molecular weight is 412 g/mol. The molecule has 1 aliphatic rings. The monoisotopic (exact) mass is 411 g/mol. The number of aliphatic hydroxyl groups is 1. The van der Waals surface area contributed by atoms with Gasteiger partial charge in [-0.05, 0) is 43.7 Å². The van der Waals surface area contributed by atoms with Crippen LogP contribution in [0.4, 0.5) is 5.82 Å². The number of thiophene rings is 1. The lowest BCUT2D eigenvalue weighted by molar-refractivity contribution is 0.0531. The lowest BCUT2D eigenvalue weighted by Gasteiger charge is -2.35. The Labute approximate surface area is 174 Å². The number of benzene rings is 1. The maximum Gasteiger partial charge on any atom is 0.348 e. The number of nitrogens with zero attached hydrogens (tertiary/aromatic N) is 3. The third kappa shape index (κ3) is 3.84. The minimum absolute atomic E-state index is 0.227. The summed E-state index contributed by atoms with van der Waals surface area (Å²) in [5.74, 6) is 0.792. The SMILES string of the molecule is CCOC(=O)c1sc2ncnc(N3CCC([C@@H](O)c4ccccc4)CC3)c2c1C. The van der Waals surface area contributed by atoms with E-state index in [1.165, 1.54) is 11.3 Å². The Bertz CT molecular complexity index is 997. The van der Waals surface area contributed by atoms with E-state index in [0.29, 0.717) is 11.5 Å². The minimum atomic E-state index is -0.443. The van der Waals surface area contributed by atoms with Gasteiger partial charge in [-0.1, -0.05) is 30.3 Å². The molecule has 0 amide bonds. The van der Waals surface area contributed by atoms with Crippen LogP contribution in [0.25, 0.3) is 10.2 Å². The van der Waals surface area contributed by atoms with Crippen molar-refractivity contribution in [2.45, 2.75) is 32.8 Å². The lowest BCUT2D eigenvalue weighted by atomic mass is 9.87. The summed E-state index contributed by atoms with van der Waals surface area (Å²) in [4.78, 5) is 24.8. The molecule has 152 valence electrons. The van der Waals surface area contributed by atoms with Gasteiger partial charge in [0.05, 0.1) is 18.1 Å². The van der Waals surface area contributed by atoms with E-state index in [-0.39, 0.29) is 11.9 Å². The number of carbonyl (C=O) groups excluding carboxylic acids is 1. The zero-order valence-corrected chi connectivity index (χ0v) is 17.5. The van der Waals surface area contributed by atoms with Crippen molar-refractivity contribution >= 4 is 33.3 Å². The highest BCUT2D eigenvalue weighted by Gasteiger charge is 2.29. The zero-order valence-electron chi connectivity index (χ0n) is 16.7. The minimum Gasteiger partial charge on any atom is -0.462 e. The number of aliphatic hydroxyl groups excluding tert-OH is 1. The first-order valence-electron chi connectivity index (χ1n) is 9.99. The molecule has 0 radical (unpaired) electrons. The van der Waals surface area contributed by atoms with Crippen LogP contribution in [-0.4, -0.2) is 40.7 Å². The molecule has 0 unspecified atom stereocenters. The molecule has 0 saturated carbocycles. The van der Waals surface area contributed by atoms with Crippen LogP contribution < -0.4 is 4.90 Å². The van der Waals surface area contributed by atoms with Gasteiger partial charge in [-0.15, -0.1) is 11.3 Å². The Morgan fingerprint density at radius 1 is 1.28 bits per heavy atom. The molecule has 0 bridgehead atoms. The van der Waals surface area contributed by atoms with E-state index in [9.17, 15) is 9.90 Å². The summed E-state index contributed by atoms with van der Waals surface area (Å²) >= 11 is 1.36. The fourth-order valence-corrected chi connectivity index (χ4v) is 5.07. The summed E-state index contributed by atoms with van der Waals surface area (Å²) in [7, 11) is 0. The average Bonchev–Trinajstić information content (AvgIpc) is 3.11. The van der Waals surface area contributed by atoms with Gasteiger partial charge in [-0.25, -0.2) is 14.8 Å². The predicted octanol–water partition coefficient (Wildman–Crippen LogP) is 4.13. The highest BCUT2D eigenvalue weighted by molar-refractivity contribution is 7.20. The number of aryl methyl sites for hydroxylation is 1. The molecule has 7 heteroatoms. The molecule has 0 spiro atoms. The third-order valence-electron chi connectivity index (χ3n) is 5.59. The maximum atomic E-state index is 12.3. The predicted molar refractivity (Wildman–Crippen MR) is 114 cm³/mol. The number of ether oxygens (including phenoxy) is 1. The van der Waals surface area contributed by atoms with Crippen molar-refractivity contribution in [2.75, 3.05) is 24.6 Å². The normalized spacial score (nSPS) is 16.2. The van der Waals surface area contributed by atoms with Crippen LogP contribution in [0.2, 0.25) is 0 Å². The Balaban J connectivity index is 1.55. The van der Waals surface area contributed by atoms with E-state index in [0.717, 1.165) is 53.1 Å². The lowest BCUT2D eigenvalue weighted by Crippen LogP contribution is -2.36. The Hall–Kier alpha value is -2.51. The molecule has 2 aromatic heterocycles. The maximum absolute atomic E-state index is 12.3. The number of piperidine rings is 1. The van der Waals surface area contributed by atoms with Crippen LogP contribution in [0.15, 0.2) is 36.7 Å². The second-order valence-electron chi connectivity index (χ2n) is 7.33. The Morgan fingerprint density at radius 3 is 2.69 bits per heavy atom. The highest BCUT2D eigenvalue weighted by atomic mass is 32.1. The molecule has 1 fully saturated rings. The largest absolute Gasteiger partial charge is 0.462 e. The summed E-state index contributed by atoms with van der Waals surface area (Å²) in [6.45, 7) is 5.71. The number of hydrogen-bond donors (Lipinski definition) is 1. The summed E-state index contributed by atoms with van der Waals surface area (Å²) < 4.78 is 5.19. The van der Waals surface area contributed by atoms with Gasteiger partial charge in [0, 0.05) is 13.1 Å². The number of esters is 1. The van der Waals surface area contributed by atoms with Crippen molar-refractivity contribution in [1.29, 1.82) is 0 Å². The first-order chi connectivity index (χ1) is 14.1. The molecular formula is C22H25N3O3S. The zero-order chi connectivity index (χ0) is 20.4. The Morgan fingerprint density at radius 2 is 2.00 bits per heavy atom. The summed E-state index contributed by atoms with van der Waals surface area (Å²) in [6.07, 6.45) is 2.89. The first-order valence-corrected chi connectivity index (χ1v) is 10.8. The van der Waals surface area contributed by atoms with Crippen LogP contribution in [-0.2, 0) is 4.74 Å². The molecule has 1 aliphatic heterocycles. The summed E-state index contributed by atoms with van der Waals surface area (Å²) in [5, 5.41) is 11.7. The van der Waals surface area contributed by atoms with Gasteiger partial charge in [-0.2, -0.15) is 0 Å². The first kappa shape index (κ1) is 19.8. The highest BCUT2D eigenvalue weighted by Crippen LogP contribution is 2.38. The number of fused-ring (bicyclic) bond motifs is 1. The van der Waals surface area contributed by atoms with E-state index >= 15 is 0 Å².